The van der Waals surface area contributed by atoms with E-state index in [0.29, 0.717) is 12.5 Å². The number of nitrogens with one attached hydrogen (secondary N) is 1. The molecule has 158 valence electrons. The first kappa shape index (κ1) is 23.3. The lowest BCUT2D eigenvalue weighted by atomic mass is 10.0. The molecular formula is C22H31IN4O2. The van der Waals surface area contributed by atoms with Gasteiger partial charge in [-0.3, -0.25) is 9.89 Å². The fourth-order valence-corrected chi connectivity index (χ4v) is 3.69. The van der Waals surface area contributed by atoms with Gasteiger partial charge in [0.15, 0.2) is 5.96 Å². The maximum atomic E-state index is 6.19. The fourth-order valence-electron chi connectivity index (χ4n) is 3.69. The molecule has 0 aromatic heterocycles. The number of rotatable bonds is 7. The summed E-state index contributed by atoms with van der Waals surface area (Å²) in [4.78, 5) is 7.14. The highest BCUT2D eigenvalue weighted by Gasteiger charge is 2.24. The normalized spacial score (nSPS) is 15.9. The quantitative estimate of drug-likeness (QED) is 0.331. The Bertz CT molecular complexity index is 794. The van der Waals surface area contributed by atoms with E-state index in [-0.39, 0.29) is 30.0 Å². The highest BCUT2D eigenvalue weighted by molar-refractivity contribution is 14.0. The van der Waals surface area contributed by atoms with E-state index in [9.17, 15) is 0 Å². The number of likely N-dealkylation sites (tertiary alicyclic amines) is 1. The molecule has 6 nitrogen and oxygen atoms in total. The lowest BCUT2D eigenvalue weighted by Crippen LogP contribution is -2.36. The molecule has 1 aliphatic rings. The number of guanidine groups is 1. The number of aliphatic imine (C=N–C) groups is 1. The van der Waals surface area contributed by atoms with Crippen LogP contribution in [0.5, 0.6) is 11.5 Å². The lowest BCUT2D eigenvalue weighted by molar-refractivity contribution is 0.165. The molecule has 1 saturated heterocycles. The third-order valence-electron chi connectivity index (χ3n) is 5.13. The van der Waals surface area contributed by atoms with E-state index in [1.54, 1.807) is 14.2 Å². The summed E-state index contributed by atoms with van der Waals surface area (Å²) >= 11 is 0. The Kier molecular flexibility index (Phi) is 9.53. The monoisotopic (exact) mass is 510 g/mol. The van der Waals surface area contributed by atoms with Crippen LogP contribution in [0.1, 0.15) is 30.9 Å². The SMILES string of the molecule is COc1ccccc1NC(N)=NCC(c1ccccc1OC)N1CCCCC1.I. The number of halogens is 1. The van der Waals surface area contributed by atoms with Crippen molar-refractivity contribution in [3.05, 3.63) is 54.1 Å². The fraction of sp³-hybridized carbons (Fsp3) is 0.409. The molecule has 0 saturated carbocycles. The molecule has 1 fully saturated rings. The minimum atomic E-state index is 0. The number of nitrogens with two attached hydrogens (primary N) is 1. The van der Waals surface area contributed by atoms with Crippen LogP contribution in [-0.2, 0) is 0 Å². The van der Waals surface area contributed by atoms with Crippen LogP contribution in [0.3, 0.4) is 0 Å². The number of benzene rings is 2. The van der Waals surface area contributed by atoms with Gasteiger partial charge in [0.05, 0.1) is 32.5 Å². The third-order valence-corrected chi connectivity index (χ3v) is 5.13. The first-order valence-electron chi connectivity index (χ1n) is 9.80. The van der Waals surface area contributed by atoms with E-state index in [1.807, 2.05) is 36.4 Å². The molecule has 7 heteroatoms. The summed E-state index contributed by atoms with van der Waals surface area (Å²) in [5.74, 6) is 2.00. The average Bonchev–Trinajstić information content (AvgIpc) is 2.75. The van der Waals surface area contributed by atoms with Gasteiger partial charge in [-0.05, 0) is 44.1 Å². The van der Waals surface area contributed by atoms with E-state index >= 15 is 0 Å². The Morgan fingerprint density at radius 2 is 1.62 bits per heavy atom. The van der Waals surface area contributed by atoms with Crippen LogP contribution in [-0.4, -0.2) is 44.7 Å². The summed E-state index contributed by atoms with van der Waals surface area (Å²) < 4.78 is 11.0. The van der Waals surface area contributed by atoms with Gasteiger partial charge in [-0.25, -0.2) is 0 Å². The van der Waals surface area contributed by atoms with Gasteiger partial charge in [0.2, 0.25) is 0 Å². The molecular weight excluding hydrogens is 479 g/mol. The Morgan fingerprint density at radius 3 is 2.31 bits per heavy atom. The van der Waals surface area contributed by atoms with Gasteiger partial charge >= 0.3 is 0 Å². The van der Waals surface area contributed by atoms with E-state index in [0.717, 1.165) is 35.8 Å². The van der Waals surface area contributed by atoms with Crippen molar-refractivity contribution in [2.45, 2.75) is 25.3 Å². The van der Waals surface area contributed by atoms with E-state index in [1.165, 1.54) is 19.3 Å². The van der Waals surface area contributed by atoms with Crippen molar-refractivity contribution in [1.29, 1.82) is 0 Å². The van der Waals surface area contributed by atoms with Crippen molar-refractivity contribution >= 4 is 35.6 Å². The van der Waals surface area contributed by atoms with Crippen LogP contribution >= 0.6 is 24.0 Å². The first-order valence-corrected chi connectivity index (χ1v) is 9.80. The van der Waals surface area contributed by atoms with Crippen molar-refractivity contribution < 1.29 is 9.47 Å². The standard InChI is InChI=1S/C22H30N4O2.HI/c1-27-20-12-6-4-10-17(20)19(26-14-8-3-9-15-26)16-24-22(23)25-18-11-5-7-13-21(18)28-2;/h4-7,10-13,19H,3,8-9,14-16H2,1-2H3,(H3,23,24,25);1H. The molecule has 1 atom stereocenters. The minimum Gasteiger partial charge on any atom is -0.496 e. The second-order valence-electron chi connectivity index (χ2n) is 6.91. The maximum absolute atomic E-state index is 6.19. The summed E-state index contributed by atoms with van der Waals surface area (Å²) in [6.07, 6.45) is 3.71. The minimum absolute atomic E-state index is 0. The molecule has 0 radical (unpaired) electrons. The zero-order valence-electron chi connectivity index (χ0n) is 17.1. The summed E-state index contributed by atoms with van der Waals surface area (Å²) in [6.45, 7) is 2.70. The summed E-state index contributed by atoms with van der Waals surface area (Å²) in [5, 5.41) is 3.15. The molecule has 3 rings (SSSR count). The molecule has 2 aromatic carbocycles. The Hall–Kier alpha value is -2.00. The topological polar surface area (TPSA) is 72.1 Å². The second kappa shape index (κ2) is 11.9. The van der Waals surface area contributed by atoms with Crippen molar-refractivity contribution in [3.8, 4) is 11.5 Å². The van der Waals surface area contributed by atoms with Crippen LogP contribution < -0.4 is 20.5 Å². The zero-order chi connectivity index (χ0) is 19.8. The molecule has 0 bridgehead atoms. The molecule has 2 aromatic rings. The number of piperidine rings is 1. The average molecular weight is 510 g/mol. The number of hydrogen-bond acceptors (Lipinski definition) is 4. The number of ether oxygens (including phenoxy) is 2. The summed E-state index contributed by atoms with van der Waals surface area (Å²) in [5.41, 5.74) is 8.15. The predicted octanol–water partition coefficient (Wildman–Crippen LogP) is 4.28. The largest absolute Gasteiger partial charge is 0.496 e. The van der Waals surface area contributed by atoms with Gasteiger partial charge in [-0.1, -0.05) is 36.8 Å². The Morgan fingerprint density at radius 1 is 1.00 bits per heavy atom. The van der Waals surface area contributed by atoms with Crippen LogP contribution in [0.25, 0.3) is 0 Å². The van der Waals surface area contributed by atoms with Crippen LogP contribution in [0.15, 0.2) is 53.5 Å². The van der Waals surface area contributed by atoms with Gasteiger partial charge in [-0.2, -0.15) is 0 Å². The second-order valence-corrected chi connectivity index (χ2v) is 6.91. The van der Waals surface area contributed by atoms with E-state index in [4.69, 9.17) is 15.2 Å². The highest BCUT2D eigenvalue weighted by Crippen LogP contribution is 2.31. The number of para-hydroxylation sites is 3. The van der Waals surface area contributed by atoms with Crippen molar-refractivity contribution in [2.24, 2.45) is 10.7 Å². The number of anilines is 1. The molecule has 0 amide bonds. The molecule has 0 spiro atoms. The van der Waals surface area contributed by atoms with Crippen LogP contribution in [0, 0.1) is 0 Å². The van der Waals surface area contributed by atoms with Gasteiger partial charge in [0.1, 0.15) is 11.5 Å². The van der Waals surface area contributed by atoms with Crippen LogP contribution in [0.2, 0.25) is 0 Å². The highest BCUT2D eigenvalue weighted by atomic mass is 127. The first-order chi connectivity index (χ1) is 13.7. The van der Waals surface area contributed by atoms with Crippen molar-refractivity contribution in [3.63, 3.8) is 0 Å². The van der Waals surface area contributed by atoms with E-state index in [2.05, 4.69) is 27.3 Å². The molecule has 0 aliphatic carbocycles. The summed E-state index contributed by atoms with van der Waals surface area (Å²) in [6, 6.07) is 16.0. The van der Waals surface area contributed by atoms with Gasteiger partial charge < -0.3 is 20.5 Å². The van der Waals surface area contributed by atoms with Crippen molar-refractivity contribution in [2.75, 3.05) is 39.2 Å². The lowest BCUT2D eigenvalue weighted by Gasteiger charge is -2.34. The number of nitrogens with zero attached hydrogens (tertiary/aromatic N) is 2. The number of hydrogen-bond donors (Lipinski definition) is 2. The van der Waals surface area contributed by atoms with E-state index < -0.39 is 0 Å². The third kappa shape index (κ3) is 6.24. The zero-order valence-corrected chi connectivity index (χ0v) is 19.5. The Balaban J connectivity index is 0.00000300. The molecule has 1 unspecified atom stereocenters. The molecule has 29 heavy (non-hydrogen) atoms. The van der Waals surface area contributed by atoms with Crippen LogP contribution in [0.4, 0.5) is 5.69 Å². The molecule has 1 aliphatic heterocycles. The van der Waals surface area contributed by atoms with Crippen molar-refractivity contribution in [1.82, 2.24) is 4.90 Å². The van der Waals surface area contributed by atoms with Gasteiger partial charge in [0.25, 0.3) is 0 Å². The van der Waals surface area contributed by atoms with Gasteiger partial charge in [-0.15, -0.1) is 24.0 Å². The summed E-state index contributed by atoms with van der Waals surface area (Å²) in [7, 11) is 3.36. The predicted molar refractivity (Wildman–Crippen MR) is 130 cm³/mol. The molecule has 3 N–H and O–H groups in total. The molecule has 1 heterocycles. The number of methoxy groups -OCH3 is 2. The smallest absolute Gasteiger partial charge is 0.193 e. The van der Waals surface area contributed by atoms with Gasteiger partial charge in [0, 0.05) is 5.56 Å². The maximum Gasteiger partial charge on any atom is 0.193 e. The Labute approximate surface area is 190 Å².